The molecule has 0 aliphatic heterocycles. The first kappa shape index (κ1) is 7.04. The van der Waals surface area contributed by atoms with Crippen LogP contribution in [0.25, 0.3) is 0 Å². The van der Waals surface area contributed by atoms with E-state index in [-0.39, 0.29) is 0 Å². The number of nitrogens with zero attached hydrogens (tertiary/aromatic N) is 1. The molecule has 0 aromatic heterocycles. The van der Waals surface area contributed by atoms with Gasteiger partial charge in [0.15, 0.2) is 5.11 Å². The fraction of sp³-hybridized carbons (Fsp3) is 0.667. The first-order chi connectivity index (χ1) is 3.18. The molecule has 0 aromatic rings. The molecule has 0 bridgehead atoms. The summed E-state index contributed by atoms with van der Waals surface area (Å²) in [6, 6.07) is 0. The van der Waals surface area contributed by atoms with Crippen LogP contribution >= 0.6 is 25.0 Å². The largest absolute Gasteiger partial charge is 0.355 e. The summed E-state index contributed by atoms with van der Waals surface area (Å²) in [5.41, 5.74) is 0. The maximum atomic E-state index is 4.72. The van der Waals surface area contributed by atoms with Crippen molar-refractivity contribution in [3.63, 3.8) is 0 Å². The van der Waals surface area contributed by atoms with Gasteiger partial charge in [-0.1, -0.05) is 12.8 Å². The summed E-state index contributed by atoms with van der Waals surface area (Å²) in [5, 5.41) is 0.628. The molecule has 0 aliphatic carbocycles. The van der Waals surface area contributed by atoms with Gasteiger partial charge in [-0.3, -0.25) is 0 Å². The highest BCUT2D eigenvalue weighted by Crippen LogP contribution is 1.76. The van der Waals surface area contributed by atoms with Gasteiger partial charge in [-0.05, 0) is 12.2 Å². The molecular formula is C3H8N2S2. The fourth-order valence-corrected chi connectivity index (χ4v) is 0.300. The van der Waals surface area contributed by atoms with Crippen molar-refractivity contribution >= 4 is 30.1 Å². The van der Waals surface area contributed by atoms with Crippen molar-refractivity contribution in [3.05, 3.63) is 0 Å². The van der Waals surface area contributed by atoms with Crippen LogP contribution in [-0.2, 0) is 0 Å². The van der Waals surface area contributed by atoms with Gasteiger partial charge in [0.05, 0.1) is 0 Å². The average Bonchev–Trinajstić information content (AvgIpc) is 1.65. The maximum absolute atomic E-state index is 4.72. The molecule has 7 heavy (non-hydrogen) atoms. The van der Waals surface area contributed by atoms with E-state index >= 15 is 0 Å². The molecule has 42 valence electrons. The molecule has 1 N–H and O–H groups in total. The Morgan fingerprint density at radius 3 is 2.14 bits per heavy atom. The Kier molecular flexibility index (Phi) is 3.11. The second kappa shape index (κ2) is 3.10. The Hall–Kier alpha value is 0.0400. The smallest absolute Gasteiger partial charge is 0.178 e. The lowest BCUT2D eigenvalue weighted by molar-refractivity contribution is 0.623. The van der Waals surface area contributed by atoms with Crippen LogP contribution in [0, 0.1) is 0 Å². The van der Waals surface area contributed by atoms with E-state index < -0.39 is 0 Å². The summed E-state index contributed by atoms with van der Waals surface area (Å²) in [6.45, 7) is 0. The number of hydrogen-bond donors (Lipinski definition) is 2. The highest BCUT2D eigenvalue weighted by Gasteiger charge is 1.89. The molecule has 0 atom stereocenters. The lowest BCUT2D eigenvalue weighted by Crippen LogP contribution is -2.27. The third-order valence-electron chi connectivity index (χ3n) is 0.502. The van der Waals surface area contributed by atoms with Crippen molar-refractivity contribution in [2.45, 2.75) is 0 Å². The molecule has 0 spiro atoms. The normalized spacial score (nSPS) is 7.86. The summed E-state index contributed by atoms with van der Waals surface area (Å²) < 4.78 is 2.52. The minimum absolute atomic E-state index is 0.628. The standard InChI is InChI=1S/C3H8N2S2/c1-5(2)3(6)4-7/h7H,1-2H3,(H,4,6). The zero-order valence-corrected chi connectivity index (χ0v) is 6.01. The third kappa shape index (κ3) is 2.70. The van der Waals surface area contributed by atoms with Crippen molar-refractivity contribution < 1.29 is 0 Å². The molecule has 0 unspecified atom stereocenters. The fourth-order valence-electron chi connectivity index (χ4n) is 0.100. The number of thiol groups is 1. The molecular weight excluding hydrogens is 128 g/mol. The second-order valence-corrected chi connectivity index (χ2v) is 1.92. The van der Waals surface area contributed by atoms with Gasteiger partial charge in [-0.25, -0.2) is 0 Å². The topological polar surface area (TPSA) is 15.3 Å². The Labute approximate surface area is 54.4 Å². The predicted molar refractivity (Wildman–Crippen MR) is 38.4 cm³/mol. The van der Waals surface area contributed by atoms with Crippen molar-refractivity contribution in [2.24, 2.45) is 0 Å². The SMILES string of the molecule is CN(C)C(=S)NS. The van der Waals surface area contributed by atoms with E-state index in [0.29, 0.717) is 5.11 Å². The van der Waals surface area contributed by atoms with E-state index in [4.69, 9.17) is 12.2 Å². The minimum atomic E-state index is 0.628. The van der Waals surface area contributed by atoms with Gasteiger partial charge >= 0.3 is 0 Å². The zero-order valence-electron chi connectivity index (χ0n) is 4.30. The monoisotopic (exact) mass is 136 g/mol. The van der Waals surface area contributed by atoms with Gasteiger partial charge in [0.25, 0.3) is 0 Å². The van der Waals surface area contributed by atoms with E-state index in [9.17, 15) is 0 Å². The van der Waals surface area contributed by atoms with Crippen molar-refractivity contribution in [1.82, 2.24) is 9.62 Å². The Bertz CT molecular complexity index is 71.3. The average molecular weight is 136 g/mol. The summed E-state index contributed by atoms with van der Waals surface area (Å²) >= 11 is 8.44. The molecule has 0 aliphatic rings. The number of hydrogen-bond acceptors (Lipinski definition) is 2. The van der Waals surface area contributed by atoms with E-state index in [1.54, 1.807) is 4.90 Å². The second-order valence-electron chi connectivity index (χ2n) is 1.31. The molecule has 0 amide bonds. The van der Waals surface area contributed by atoms with E-state index in [0.717, 1.165) is 0 Å². The quantitative estimate of drug-likeness (QED) is 0.367. The number of nitrogens with one attached hydrogen (secondary N) is 1. The number of rotatable bonds is 0. The molecule has 0 saturated carbocycles. The molecule has 0 radical (unpaired) electrons. The lowest BCUT2D eigenvalue weighted by Gasteiger charge is -2.10. The molecule has 0 rings (SSSR count). The highest BCUT2D eigenvalue weighted by molar-refractivity contribution is 7.84. The van der Waals surface area contributed by atoms with E-state index in [2.05, 4.69) is 17.5 Å². The first-order valence-corrected chi connectivity index (χ1v) is 2.65. The summed E-state index contributed by atoms with van der Waals surface area (Å²) in [4.78, 5) is 1.77. The summed E-state index contributed by atoms with van der Waals surface area (Å²) in [5.74, 6) is 0. The van der Waals surface area contributed by atoms with Crippen LogP contribution in [0.5, 0.6) is 0 Å². The molecule has 0 heterocycles. The van der Waals surface area contributed by atoms with Crippen LogP contribution in [0.15, 0.2) is 0 Å². The van der Waals surface area contributed by atoms with Crippen LogP contribution in [0.2, 0.25) is 0 Å². The van der Waals surface area contributed by atoms with Gasteiger partial charge in [0.1, 0.15) is 0 Å². The molecule has 2 nitrogen and oxygen atoms in total. The van der Waals surface area contributed by atoms with Crippen LogP contribution in [0.1, 0.15) is 0 Å². The predicted octanol–water partition coefficient (Wildman–Crippen LogP) is 0.267. The van der Waals surface area contributed by atoms with Crippen molar-refractivity contribution in [1.29, 1.82) is 0 Å². The van der Waals surface area contributed by atoms with Gasteiger partial charge in [0, 0.05) is 14.1 Å². The van der Waals surface area contributed by atoms with Crippen molar-refractivity contribution in [3.8, 4) is 0 Å². The Morgan fingerprint density at radius 2 is 2.14 bits per heavy atom. The zero-order chi connectivity index (χ0) is 5.86. The Morgan fingerprint density at radius 1 is 1.71 bits per heavy atom. The minimum Gasteiger partial charge on any atom is -0.355 e. The lowest BCUT2D eigenvalue weighted by atomic mass is 10.9. The van der Waals surface area contributed by atoms with Crippen LogP contribution < -0.4 is 4.72 Å². The molecule has 0 aromatic carbocycles. The molecule has 0 fully saturated rings. The maximum Gasteiger partial charge on any atom is 0.178 e. The highest BCUT2D eigenvalue weighted by atomic mass is 32.1. The number of thiocarbonyl (C=S) groups is 1. The van der Waals surface area contributed by atoms with E-state index in [1.807, 2.05) is 14.1 Å². The van der Waals surface area contributed by atoms with Gasteiger partial charge in [-0.15, -0.1) is 0 Å². The van der Waals surface area contributed by atoms with Gasteiger partial charge in [0.2, 0.25) is 0 Å². The van der Waals surface area contributed by atoms with Gasteiger partial charge in [-0.2, -0.15) is 0 Å². The molecule has 0 saturated heterocycles. The molecule has 4 heteroatoms. The van der Waals surface area contributed by atoms with Crippen LogP contribution in [-0.4, -0.2) is 24.1 Å². The first-order valence-electron chi connectivity index (χ1n) is 1.80. The Balaban J connectivity index is 3.35. The van der Waals surface area contributed by atoms with Gasteiger partial charge < -0.3 is 9.62 Å². The summed E-state index contributed by atoms with van der Waals surface area (Å²) in [6.07, 6.45) is 0. The van der Waals surface area contributed by atoms with Crippen LogP contribution in [0.3, 0.4) is 0 Å². The van der Waals surface area contributed by atoms with Crippen molar-refractivity contribution in [2.75, 3.05) is 14.1 Å². The third-order valence-corrected chi connectivity index (χ3v) is 1.33. The summed E-state index contributed by atoms with van der Waals surface area (Å²) in [7, 11) is 3.71. The van der Waals surface area contributed by atoms with Crippen LogP contribution in [0.4, 0.5) is 0 Å². The van der Waals surface area contributed by atoms with E-state index in [1.165, 1.54) is 0 Å².